The molecule has 1 amide bonds. The van der Waals surface area contributed by atoms with Gasteiger partial charge in [0.1, 0.15) is 0 Å². The zero-order valence-corrected chi connectivity index (χ0v) is 11.9. The third-order valence-corrected chi connectivity index (χ3v) is 3.13. The number of hydrogen-bond acceptors (Lipinski definition) is 3. The number of amides is 1. The lowest BCUT2D eigenvalue weighted by Gasteiger charge is -2.12. The highest BCUT2D eigenvalue weighted by atomic mass is 16.1. The van der Waals surface area contributed by atoms with E-state index in [2.05, 4.69) is 44.7 Å². The smallest absolute Gasteiger partial charge is 0.220 e. The molecule has 0 aliphatic rings. The average molecular weight is 272 g/mol. The van der Waals surface area contributed by atoms with Crippen molar-refractivity contribution < 1.29 is 4.79 Å². The van der Waals surface area contributed by atoms with Crippen LogP contribution in [0.4, 0.5) is 5.69 Å². The lowest BCUT2D eigenvalue weighted by molar-refractivity contribution is -0.121. The molecule has 0 fully saturated rings. The minimum atomic E-state index is 0.0521. The number of carbonyl (C=O) groups excluding carboxylic acids is 1. The summed E-state index contributed by atoms with van der Waals surface area (Å²) in [6, 6.07) is 10.1. The van der Waals surface area contributed by atoms with Crippen molar-refractivity contribution in [2.75, 3.05) is 19.0 Å². The molecule has 0 unspecified atom stereocenters. The van der Waals surface area contributed by atoms with Crippen LogP contribution < -0.4 is 10.2 Å². The topological polar surface area (TPSA) is 61.0 Å². The van der Waals surface area contributed by atoms with Crippen molar-refractivity contribution in [1.82, 2.24) is 15.5 Å². The van der Waals surface area contributed by atoms with Gasteiger partial charge < -0.3 is 10.2 Å². The first-order valence-corrected chi connectivity index (χ1v) is 6.66. The van der Waals surface area contributed by atoms with Crippen molar-refractivity contribution in [2.24, 2.45) is 0 Å². The molecule has 1 aromatic heterocycles. The van der Waals surface area contributed by atoms with E-state index in [0.717, 1.165) is 17.8 Å². The molecular formula is C15H20N4O. The molecule has 2 rings (SSSR count). The van der Waals surface area contributed by atoms with Gasteiger partial charge in [-0.1, -0.05) is 12.1 Å². The van der Waals surface area contributed by atoms with Crippen LogP contribution in [-0.2, 0) is 17.8 Å². The Bertz CT molecular complexity index is 532. The summed E-state index contributed by atoms with van der Waals surface area (Å²) in [6.07, 6.45) is 2.92. The van der Waals surface area contributed by atoms with Crippen LogP contribution in [0.3, 0.4) is 0 Å². The van der Waals surface area contributed by atoms with Gasteiger partial charge in [0.2, 0.25) is 5.91 Å². The first-order chi connectivity index (χ1) is 9.65. The van der Waals surface area contributed by atoms with Crippen LogP contribution in [0.1, 0.15) is 17.7 Å². The Morgan fingerprint density at radius 3 is 2.60 bits per heavy atom. The van der Waals surface area contributed by atoms with Crippen molar-refractivity contribution in [2.45, 2.75) is 19.4 Å². The Balaban J connectivity index is 1.75. The van der Waals surface area contributed by atoms with Gasteiger partial charge in [0.15, 0.2) is 0 Å². The van der Waals surface area contributed by atoms with Gasteiger partial charge in [-0.25, -0.2) is 0 Å². The van der Waals surface area contributed by atoms with Gasteiger partial charge >= 0.3 is 0 Å². The normalized spacial score (nSPS) is 10.3. The number of rotatable bonds is 6. The van der Waals surface area contributed by atoms with E-state index in [4.69, 9.17) is 0 Å². The molecule has 0 bridgehead atoms. The Morgan fingerprint density at radius 2 is 2.00 bits per heavy atom. The number of hydrogen-bond donors (Lipinski definition) is 2. The number of aromatic amines is 1. The quantitative estimate of drug-likeness (QED) is 0.842. The molecule has 0 aliphatic carbocycles. The molecule has 0 radical (unpaired) electrons. The molecule has 5 heteroatoms. The van der Waals surface area contributed by atoms with Crippen molar-refractivity contribution in [3.05, 3.63) is 47.8 Å². The zero-order chi connectivity index (χ0) is 14.4. The van der Waals surface area contributed by atoms with Crippen LogP contribution in [0.25, 0.3) is 0 Å². The minimum Gasteiger partial charge on any atom is -0.378 e. The van der Waals surface area contributed by atoms with Gasteiger partial charge in [-0.05, 0) is 30.2 Å². The molecule has 5 nitrogen and oxygen atoms in total. The second-order valence-corrected chi connectivity index (χ2v) is 4.92. The Kier molecular flexibility index (Phi) is 4.76. The predicted molar refractivity (Wildman–Crippen MR) is 79.5 cm³/mol. The lowest BCUT2D eigenvalue weighted by atomic mass is 10.1. The van der Waals surface area contributed by atoms with Crippen LogP contribution in [0.2, 0.25) is 0 Å². The third-order valence-electron chi connectivity index (χ3n) is 3.13. The molecule has 0 atom stereocenters. The summed E-state index contributed by atoms with van der Waals surface area (Å²) in [5, 5.41) is 9.52. The molecule has 0 saturated carbocycles. The SMILES string of the molecule is CN(C)c1ccc(CCC(=O)NCc2ccn[nH]2)cc1. The number of carbonyl (C=O) groups is 1. The number of H-pyrrole nitrogens is 1. The zero-order valence-electron chi connectivity index (χ0n) is 11.9. The molecule has 106 valence electrons. The Morgan fingerprint density at radius 1 is 1.25 bits per heavy atom. The van der Waals surface area contributed by atoms with Gasteiger partial charge in [-0.2, -0.15) is 5.10 Å². The van der Waals surface area contributed by atoms with Crippen LogP contribution in [-0.4, -0.2) is 30.2 Å². The van der Waals surface area contributed by atoms with E-state index in [0.29, 0.717) is 13.0 Å². The van der Waals surface area contributed by atoms with Crippen molar-refractivity contribution >= 4 is 11.6 Å². The molecular weight excluding hydrogens is 252 g/mol. The van der Waals surface area contributed by atoms with E-state index in [1.165, 1.54) is 5.56 Å². The minimum absolute atomic E-state index is 0.0521. The first-order valence-electron chi connectivity index (χ1n) is 6.66. The number of aryl methyl sites for hydroxylation is 1. The van der Waals surface area contributed by atoms with Crippen molar-refractivity contribution in [3.63, 3.8) is 0 Å². The molecule has 0 aliphatic heterocycles. The fraction of sp³-hybridized carbons (Fsp3) is 0.333. The number of benzene rings is 1. The largest absolute Gasteiger partial charge is 0.378 e. The maximum atomic E-state index is 11.7. The molecule has 0 saturated heterocycles. The highest BCUT2D eigenvalue weighted by Gasteiger charge is 2.03. The molecule has 2 N–H and O–H groups in total. The van der Waals surface area contributed by atoms with Gasteiger partial charge in [-0.3, -0.25) is 9.89 Å². The fourth-order valence-electron chi connectivity index (χ4n) is 1.88. The van der Waals surface area contributed by atoms with E-state index in [-0.39, 0.29) is 5.91 Å². The van der Waals surface area contributed by atoms with Crippen molar-refractivity contribution in [3.8, 4) is 0 Å². The average Bonchev–Trinajstić information content (AvgIpc) is 2.96. The Labute approximate surface area is 119 Å². The predicted octanol–water partition coefficient (Wildman–Crippen LogP) is 1.72. The summed E-state index contributed by atoms with van der Waals surface area (Å²) in [5.41, 5.74) is 3.25. The van der Waals surface area contributed by atoms with E-state index in [1.54, 1.807) is 6.20 Å². The summed E-state index contributed by atoms with van der Waals surface area (Å²) >= 11 is 0. The van der Waals surface area contributed by atoms with Crippen LogP contribution >= 0.6 is 0 Å². The van der Waals surface area contributed by atoms with E-state index in [9.17, 15) is 4.79 Å². The first kappa shape index (κ1) is 14.1. The van der Waals surface area contributed by atoms with Gasteiger partial charge in [0, 0.05) is 32.4 Å². The molecule has 20 heavy (non-hydrogen) atoms. The third kappa shape index (κ3) is 4.12. The summed E-state index contributed by atoms with van der Waals surface area (Å²) in [6.45, 7) is 0.498. The molecule has 1 heterocycles. The van der Waals surface area contributed by atoms with Gasteiger partial charge in [0.25, 0.3) is 0 Å². The van der Waals surface area contributed by atoms with E-state index >= 15 is 0 Å². The number of nitrogens with one attached hydrogen (secondary N) is 2. The Hall–Kier alpha value is -2.30. The van der Waals surface area contributed by atoms with Crippen molar-refractivity contribution in [1.29, 1.82) is 0 Å². The second kappa shape index (κ2) is 6.75. The second-order valence-electron chi connectivity index (χ2n) is 4.92. The molecule has 0 spiro atoms. The van der Waals surface area contributed by atoms with Crippen LogP contribution in [0.5, 0.6) is 0 Å². The fourth-order valence-corrected chi connectivity index (χ4v) is 1.88. The highest BCUT2D eigenvalue weighted by Crippen LogP contribution is 2.13. The number of anilines is 1. The molecule has 1 aromatic carbocycles. The van der Waals surface area contributed by atoms with Gasteiger partial charge in [-0.15, -0.1) is 0 Å². The summed E-state index contributed by atoms with van der Waals surface area (Å²) in [4.78, 5) is 13.8. The molecule has 2 aromatic rings. The monoisotopic (exact) mass is 272 g/mol. The van der Waals surface area contributed by atoms with Crippen LogP contribution in [0.15, 0.2) is 36.5 Å². The maximum Gasteiger partial charge on any atom is 0.220 e. The lowest BCUT2D eigenvalue weighted by Crippen LogP contribution is -2.23. The summed E-state index contributed by atoms with van der Waals surface area (Å²) < 4.78 is 0. The highest BCUT2D eigenvalue weighted by molar-refractivity contribution is 5.76. The summed E-state index contributed by atoms with van der Waals surface area (Å²) in [5.74, 6) is 0.0521. The number of nitrogens with zero attached hydrogens (tertiary/aromatic N) is 2. The summed E-state index contributed by atoms with van der Waals surface area (Å²) in [7, 11) is 4.02. The van der Waals surface area contributed by atoms with Crippen LogP contribution in [0, 0.1) is 0 Å². The number of aromatic nitrogens is 2. The van der Waals surface area contributed by atoms with E-state index in [1.807, 2.05) is 20.2 Å². The van der Waals surface area contributed by atoms with E-state index < -0.39 is 0 Å². The van der Waals surface area contributed by atoms with Gasteiger partial charge in [0.05, 0.1) is 12.2 Å². The maximum absolute atomic E-state index is 11.7. The standard InChI is InChI=1S/C15H20N4O/c1-19(2)14-6-3-12(4-7-14)5-8-15(20)16-11-13-9-10-17-18-13/h3-4,6-7,9-10H,5,8,11H2,1-2H3,(H,16,20)(H,17,18).